The van der Waals surface area contributed by atoms with Gasteiger partial charge >= 0.3 is 5.97 Å². The molecule has 1 N–H and O–H groups in total. The molecule has 0 amide bonds. The van der Waals surface area contributed by atoms with Crippen molar-refractivity contribution in [2.24, 2.45) is 0 Å². The lowest BCUT2D eigenvalue weighted by atomic mass is 10.0. The van der Waals surface area contributed by atoms with Crippen LogP contribution in [-0.2, 0) is 4.79 Å². The fraction of sp³-hybridized carbons (Fsp3) is 0. The molecule has 0 fully saturated rings. The van der Waals surface area contributed by atoms with E-state index in [1.807, 2.05) is 0 Å². The minimum absolute atomic E-state index is 0.115. The Hall–Kier alpha value is -3.28. The number of rotatable bonds is 4. The first-order chi connectivity index (χ1) is 10.5. The smallest absolute Gasteiger partial charge is 0.327 e. The van der Waals surface area contributed by atoms with E-state index in [1.165, 1.54) is 12.1 Å². The van der Waals surface area contributed by atoms with Crippen LogP contribution in [0.15, 0.2) is 67.3 Å². The number of ketones is 1. The first-order valence-corrected chi connectivity index (χ1v) is 6.16. The maximum absolute atomic E-state index is 12.1. The third kappa shape index (κ3) is 4.68. The van der Waals surface area contributed by atoms with Gasteiger partial charge in [-0.1, -0.05) is 49.0 Å². The number of carboxylic acid groups (broad SMARTS) is 1. The van der Waals surface area contributed by atoms with Gasteiger partial charge < -0.3 is 5.11 Å². The van der Waals surface area contributed by atoms with Gasteiger partial charge in [-0.3, -0.25) is 14.9 Å². The van der Waals surface area contributed by atoms with Crippen molar-refractivity contribution in [1.82, 2.24) is 0 Å². The van der Waals surface area contributed by atoms with Crippen molar-refractivity contribution in [2.75, 3.05) is 0 Å². The van der Waals surface area contributed by atoms with Gasteiger partial charge in [-0.05, 0) is 6.07 Å². The Morgan fingerprint density at radius 3 is 2.05 bits per heavy atom. The van der Waals surface area contributed by atoms with Crippen LogP contribution < -0.4 is 0 Å². The zero-order valence-corrected chi connectivity index (χ0v) is 11.5. The first-order valence-electron chi connectivity index (χ1n) is 6.16. The minimum atomic E-state index is -0.981. The Morgan fingerprint density at radius 1 is 1.05 bits per heavy atom. The molecule has 0 unspecified atom stereocenters. The minimum Gasteiger partial charge on any atom is -0.478 e. The monoisotopic (exact) mass is 299 g/mol. The predicted octanol–water partition coefficient (Wildman–Crippen LogP) is 3.08. The van der Waals surface area contributed by atoms with Crippen molar-refractivity contribution < 1.29 is 19.6 Å². The molecule has 0 aromatic heterocycles. The highest BCUT2D eigenvalue weighted by Crippen LogP contribution is 2.20. The largest absolute Gasteiger partial charge is 0.478 e. The lowest BCUT2D eigenvalue weighted by Crippen LogP contribution is -2.04. The Labute approximate surface area is 126 Å². The van der Waals surface area contributed by atoms with Gasteiger partial charge in [-0.25, -0.2) is 4.79 Å². The predicted molar refractivity (Wildman–Crippen MR) is 80.8 cm³/mol. The van der Waals surface area contributed by atoms with E-state index in [2.05, 4.69) is 6.58 Å². The summed E-state index contributed by atoms with van der Waals surface area (Å²) in [6, 6.07) is 14.5. The third-order valence-electron chi connectivity index (χ3n) is 2.56. The average molecular weight is 299 g/mol. The van der Waals surface area contributed by atoms with Gasteiger partial charge in [0.15, 0.2) is 5.78 Å². The summed E-state index contributed by atoms with van der Waals surface area (Å²) in [5.74, 6) is -1.32. The van der Waals surface area contributed by atoms with Crippen LogP contribution in [0.4, 0.5) is 5.69 Å². The van der Waals surface area contributed by atoms with E-state index in [0.717, 1.165) is 6.08 Å². The quantitative estimate of drug-likeness (QED) is 0.405. The second-order valence-corrected chi connectivity index (χ2v) is 4.01. The molecule has 0 aliphatic carbocycles. The van der Waals surface area contributed by atoms with Gasteiger partial charge in [0.05, 0.1) is 4.92 Å². The van der Waals surface area contributed by atoms with E-state index in [1.54, 1.807) is 42.5 Å². The number of nitrogens with zero attached hydrogens (tertiary/aromatic N) is 1. The molecule has 2 rings (SSSR count). The first kappa shape index (κ1) is 16.8. The molecule has 0 aliphatic heterocycles. The van der Waals surface area contributed by atoms with E-state index in [9.17, 15) is 19.7 Å². The van der Waals surface area contributed by atoms with Crippen LogP contribution in [0.3, 0.4) is 0 Å². The van der Waals surface area contributed by atoms with E-state index in [-0.39, 0.29) is 17.0 Å². The number of nitro groups is 1. The summed E-state index contributed by atoms with van der Waals surface area (Å²) in [4.78, 5) is 31.6. The summed E-state index contributed by atoms with van der Waals surface area (Å²) in [6.45, 7) is 2.96. The number of nitro benzene ring substituents is 1. The van der Waals surface area contributed by atoms with E-state index in [0.29, 0.717) is 5.56 Å². The fourth-order valence-corrected chi connectivity index (χ4v) is 1.57. The molecule has 22 heavy (non-hydrogen) atoms. The van der Waals surface area contributed by atoms with Gasteiger partial charge in [0.2, 0.25) is 0 Å². The van der Waals surface area contributed by atoms with Gasteiger partial charge in [-0.2, -0.15) is 0 Å². The number of carboxylic acids is 1. The van der Waals surface area contributed by atoms with E-state index >= 15 is 0 Å². The molecular weight excluding hydrogens is 286 g/mol. The Kier molecular flexibility index (Phi) is 6.18. The number of aliphatic carboxylic acids is 1. The van der Waals surface area contributed by atoms with Crippen molar-refractivity contribution in [2.45, 2.75) is 0 Å². The average Bonchev–Trinajstić information content (AvgIpc) is 2.55. The van der Waals surface area contributed by atoms with Gasteiger partial charge in [0.1, 0.15) is 5.56 Å². The van der Waals surface area contributed by atoms with Crippen molar-refractivity contribution >= 4 is 17.4 Å². The van der Waals surface area contributed by atoms with Crippen LogP contribution in [-0.4, -0.2) is 21.8 Å². The number of hydrogen-bond acceptors (Lipinski definition) is 4. The molecule has 0 saturated heterocycles. The molecule has 0 aliphatic rings. The van der Waals surface area contributed by atoms with E-state index < -0.39 is 10.9 Å². The van der Waals surface area contributed by atoms with Crippen LogP contribution in [0.2, 0.25) is 0 Å². The molecule has 2 aromatic carbocycles. The molecule has 0 heterocycles. The third-order valence-corrected chi connectivity index (χ3v) is 2.56. The van der Waals surface area contributed by atoms with Crippen molar-refractivity contribution in [3.63, 3.8) is 0 Å². The Balaban J connectivity index is 0.000000422. The van der Waals surface area contributed by atoms with Crippen molar-refractivity contribution in [3.8, 4) is 0 Å². The number of carbonyl (C=O) groups excluding carboxylic acids is 1. The van der Waals surface area contributed by atoms with Crippen LogP contribution >= 0.6 is 0 Å². The van der Waals surface area contributed by atoms with Crippen LogP contribution in [0.1, 0.15) is 15.9 Å². The molecule has 0 bridgehead atoms. The molecule has 0 atom stereocenters. The highest BCUT2D eigenvalue weighted by molar-refractivity contribution is 6.11. The molecular formula is C16H13NO5. The Bertz CT molecular complexity index is 695. The second kappa shape index (κ2) is 8.11. The van der Waals surface area contributed by atoms with Crippen LogP contribution in [0, 0.1) is 10.1 Å². The highest BCUT2D eigenvalue weighted by Gasteiger charge is 2.19. The van der Waals surface area contributed by atoms with Gasteiger partial charge in [0.25, 0.3) is 5.69 Å². The molecule has 0 spiro atoms. The maximum Gasteiger partial charge on any atom is 0.327 e. The summed E-state index contributed by atoms with van der Waals surface area (Å²) in [6.07, 6.45) is 0.833. The zero-order valence-electron chi connectivity index (χ0n) is 11.5. The van der Waals surface area contributed by atoms with E-state index in [4.69, 9.17) is 5.11 Å². The lowest BCUT2D eigenvalue weighted by Gasteiger charge is -2.01. The molecule has 0 saturated carbocycles. The maximum atomic E-state index is 12.1. The topological polar surface area (TPSA) is 97.5 Å². The lowest BCUT2D eigenvalue weighted by molar-refractivity contribution is -0.385. The van der Waals surface area contributed by atoms with Gasteiger partial charge in [-0.15, -0.1) is 0 Å². The highest BCUT2D eigenvalue weighted by atomic mass is 16.6. The standard InChI is InChI=1S/C13H9NO3.C3H4O2/c15-13(10-6-2-1-3-7-10)11-8-4-5-9-12(11)14(16)17;1-2-3(4)5/h1-9H;2H,1H2,(H,4,5). The molecule has 112 valence electrons. The summed E-state index contributed by atoms with van der Waals surface area (Å²) in [5, 5.41) is 18.4. The summed E-state index contributed by atoms with van der Waals surface area (Å²) in [7, 11) is 0. The number of benzene rings is 2. The summed E-state index contributed by atoms with van der Waals surface area (Å²) in [5.41, 5.74) is 0.395. The molecule has 0 radical (unpaired) electrons. The van der Waals surface area contributed by atoms with Crippen molar-refractivity contribution in [3.05, 3.63) is 88.5 Å². The molecule has 6 heteroatoms. The molecule has 6 nitrogen and oxygen atoms in total. The Morgan fingerprint density at radius 2 is 1.55 bits per heavy atom. The fourth-order valence-electron chi connectivity index (χ4n) is 1.57. The zero-order chi connectivity index (χ0) is 16.5. The summed E-state index contributed by atoms with van der Waals surface area (Å²) < 4.78 is 0. The second-order valence-electron chi connectivity index (χ2n) is 4.01. The van der Waals surface area contributed by atoms with Crippen molar-refractivity contribution in [1.29, 1.82) is 0 Å². The van der Waals surface area contributed by atoms with Crippen LogP contribution in [0.5, 0.6) is 0 Å². The number of carbonyl (C=O) groups is 2. The number of para-hydroxylation sites is 1. The SMILES string of the molecule is C=CC(=O)O.O=C(c1ccccc1)c1ccccc1[N+](=O)[O-]. The normalized spacial score (nSPS) is 9.09. The molecule has 2 aromatic rings. The van der Waals surface area contributed by atoms with Crippen LogP contribution in [0.25, 0.3) is 0 Å². The van der Waals surface area contributed by atoms with Gasteiger partial charge in [0, 0.05) is 17.7 Å². The number of hydrogen-bond donors (Lipinski definition) is 1. The summed E-state index contributed by atoms with van der Waals surface area (Å²) >= 11 is 0.